The van der Waals surface area contributed by atoms with E-state index in [-0.39, 0.29) is 5.56 Å². The highest BCUT2D eigenvalue weighted by Crippen LogP contribution is 2.15. The van der Waals surface area contributed by atoms with Crippen LogP contribution in [0.1, 0.15) is 5.56 Å². The maximum Gasteiger partial charge on any atom is 0.331 e. The van der Waals surface area contributed by atoms with E-state index in [0.717, 1.165) is 0 Å². The number of H-pyrrole nitrogens is 1. The van der Waals surface area contributed by atoms with E-state index < -0.39 is 5.69 Å². The maximum atomic E-state index is 11.1. The molecule has 0 atom stereocenters. The Labute approximate surface area is 67.6 Å². The van der Waals surface area contributed by atoms with E-state index >= 15 is 0 Å². The van der Waals surface area contributed by atoms with E-state index in [2.05, 4.69) is 4.98 Å². The summed E-state index contributed by atoms with van der Waals surface area (Å²) in [5.41, 5.74) is -0.293. The van der Waals surface area contributed by atoms with Crippen LogP contribution in [0.25, 0.3) is 0 Å². The van der Waals surface area contributed by atoms with E-state index in [0.29, 0.717) is 24.6 Å². The minimum Gasteiger partial charge on any atom is -0.476 e. The predicted molar refractivity (Wildman–Crippen MR) is 41.6 cm³/mol. The Morgan fingerprint density at radius 1 is 1.50 bits per heavy atom. The molecule has 1 aliphatic heterocycles. The fourth-order valence-electron chi connectivity index (χ4n) is 1.27. The average molecular weight is 168 g/mol. The number of aromatic amines is 1. The third kappa shape index (κ3) is 0.792. The Balaban J connectivity index is 2.87. The second-order valence-electron chi connectivity index (χ2n) is 2.69. The van der Waals surface area contributed by atoms with Crippen molar-refractivity contribution >= 4 is 0 Å². The highest BCUT2D eigenvalue weighted by atomic mass is 16.5. The summed E-state index contributed by atoms with van der Waals surface area (Å²) in [4.78, 5) is 24.4. The van der Waals surface area contributed by atoms with Crippen molar-refractivity contribution in [2.24, 2.45) is 0 Å². The van der Waals surface area contributed by atoms with E-state index in [4.69, 9.17) is 4.74 Å². The lowest BCUT2D eigenvalue weighted by Gasteiger charge is -2.01. The Kier molecular flexibility index (Phi) is 1.33. The SMILES string of the molecule is Cc1c2n(c(=O)[nH]c1=O)CCO2. The maximum absolute atomic E-state index is 11.1. The summed E-state index contributed by atoms with van der Waals surface area (Å²) in [6.45, 7) is 2.62. The highest BCUT2D eigenvalue weighted by Gasteiger charge is 2.17. The fraction of sp³-hybridized carbons (Fsp3) is 0.429. The van der Waals surface area contributed by atoms with Crippen LogP contribution in [0.4, 0.5) is 0 Å². The summed E-state index contributed by atoms with van der Waals surface area (Å²) < 4.78 is 6.56. The molecule has 0 radical (unpaired) electrons. The molecule has 12 heavy (non-hydrogen) atoms. The Morgan fingerprint density at radius 2 is 2.25 bits per heavy atom. The molecule has 0 unspecified atom stereocenters. The molecule has 2 heterocycles. The van der Waals surface area contributed by atoms with Crippen molar-refractivity contribution < 1.29 is 4.74 Å². The van der Waals surface area contributed by atoms with Gasteiger partial charge in [0.2, 0.25) is 5.88 Å². The third-order valence-electron chi connectivity index (χ3n) is 1.93. The summed E-state index contributed by atoms with van der Waals surface area (Å²) in [6, 6.07) is 0. The number of hydrogen-bond donors (Lipinski definition) is 1. The van der Waals surface area contributed by atoms with Crippen molar-refractivity contribution in [3.8, 4) is 5.88 Å². The van der Waals surface area contributed by atoms with Gasteiger partial charge in [-0.1, -0.05) is 0 Å². The molecule has 1 aromatic rings. The largest absolute Gasteiger partial charge is 0.476 e. The smallest absolute Gasteiger partial charge is 0.331 e. The molecule has 0 spiro atoms. The molecule has 1 aromatic heterocycles. The number of nitrogens with one attached hydrogen (secondary N) is 1. The molecule has 0 amide bonds. The monoisotopic (exact) mass is 168 g/mol. The van der Waals surface area contributed by atoms with E-state index in [9.17, 15) is 9.59 Å². The standard InChI is InChI=1S/C7H8N2O3/c1-4-5(10)8-7(11)9-2-3-12-6(4)9/h2-3H2,1H3,(H,8,10,11). The topological polar surface area (TPSA) is 64.1 Å². The van der Waals surface area contributed by atoms with Gasteiger partial charge in [0.15, 0.2) is 0 Å². The van der Waals surface area contributed by atoms with E-state index in [1.54, 1.807) is 6.92 Å². The van der Waals surface area contributed by atoms with Crippen LogP contribution in [0.2, 0.25) is 0 Å². The number of aromatic nitrogens is 2. The van der Waals surface area contributed by atoms with Gasteiger partial charge in [0, 0.05) is 0 Å². The summed E-state index contributed by atoms with van der Waals surface area (Å²) in [6.07, 6.45) is 0. The predicted octanol–water partition coefficient (Wildman–Crippen LogP) is -0.763. The quantitative estimate of drug-likeness (QED) is 0.553. The van der Waals surface area contributed by atoms with Crippen LogP contribution in [0.3, 0.4) is 0 Å². The van der Waals surface area contributed by atoms with Gasteiger partial charge < -0.3 is 4.74 Å². The number of fused-ring (bicyclic) bond motifs is 1. The number of ether oxygens (including phenoxy) is 1. The summed E-state index contributed by atoms with van der Waals surface area (Å²) in [7, 11) is 0. The molecule has 5 nitrogen and oxygen atoms in total. The molecule has 0 aliphatic carbocycles. The lowest BCUT2D eigenvalue weighted by molar-refractivity contribution is 0.354. The first-order chi connectivity index (χ1) is 5.70. The van der Waals surface area contributed by atoms with Crippen LogP contribution in [0.15, 0.2) is 9.59 Å². The van der Waals surface area contributed by atoms with Crippen molar-refractivity contribution in [2.45, 2.75) is 13.5 Å². The number of rotatable bonds is 0. The van der Waals surface area contributed by atoms with Gasteiger partial charge >= 0.3 is 5.69 Å². The summed E-state index contributed by atoms with van der Waals surface area (Å²) >= 11 is 0. The molecule has 5 heteroatoms. The van der Waals surface area contributed by atoms with Gasteiger partial charge in [-0.05, 0) is 6.92 Å². The van der Waals surface area contributed by atoms with Crippen LogP contribution < -0.4 is 16.0 Å². The van der Waals surface area contributed by atoms with Gasteiger partial charge in [0.05, 0.1) is 12.1 Å². The Hall–Kier alpha value is -1.52. The zero-order chi connectivity index (χ0) is 8.72. The van der Waals surface area contributed by atoms with Gasteiger partial charge in [0.1, 0.15) is 6.61 Å². The van der Waals surface area contributed by atoms with Crippen molar-refractivity contribution in [2.75, 3.05) is 6.61 Å². The second kappa shape index (κ2) is 2.23. The van der Waals surface area contributed by atoms with Crippen LogP contribution in [-0.4, -0.2) is 16.2 Å². The van der Waals surface area contributed by atoms with Crippen molar-refractivity contribution in [1.29, 1.82) is 0 Å². The molecular formula is C7H8N2O3. The second-order valence-corrected chi connectivity index (χ2v) is 2.69. The van der Waals surface area contributed by atoms with Crippen LogP contribution in [0, 0.1) is 6.92 Å². The number of hydrogen-bond acceptors (Lipinski definition) is 3. The van der Waals surface area contributed by atoms with Crippen LogP contribution >= 0.6 is 0 Å². The molecule has 0 aromatic carbocycles. The van der Waals surface area contributed by atoms with Crippen molar-refractivity contribution in [1.82, 2.24) is 9.55 Å². The Morgan fingerprint density at radius 3 is 3.00 bits per heavy atom. The van der Waals surface area contributed by atoms with Gasteiger partial charge in [-0.2, -0.15) is 0 Å². The Bertz CT molecular complexity index is 429. The highest BCUT2D eigenvalue weighted by molar-refractivity contribution is 5.23. The lowest BCUT2D eigenvalue weighted by Crippen LogP contribution is -2.29. The van der Waals surface area contributed by atoms with E-state index in [1.165, 1.54) is 4.57 Å². The molecule has 0 bridgehead atoms. The molecule has 2 rings (SSSR count). The van der Waals surface area contributed by atoms with Crippen LogP contribution in [0.5, 0.6) is 5.88 Å². The minimum atomic E-state index is -0.391. The zero-order valence-electron chi connectivity index (χ0n) is 6.59. The summed E-state index contributed by atoms with van der Waals surface area (Å²) in [5, 5.41) is 0. The molecule has 64 valence electrons. The van der Waals surface area contributed by atoms with Gasteiger partial charge in [-0.15, -0.1) is 0 Å². The fourth-order valence-corrected chi connectivity index (χ4v) is 1.27. The third-order valence-corrected chi connectivity index (χ3v) is 1.93. The molecule has 1 aliphatic rings. The first-order valence-corrected chi connectivity index (χ1v) is 3.66. The van der Waals surface area contributed by atoms with Crippen molar-refractivity contribution in [3.63, 3.8) is 0 Å². The lowest BCUT2D eigenvalue weighted by atomic mass is 10.3. The van der Waals surface area contributed by atoms with Crippen LogP contribution in [-0.2, 0) is 6.54 Å². The van der Waals surface area contributed by atoms with Crippen molar-refractivity contribution in [3.05, 3.63) is 26.4 Å². The zero-order valence-corrected chi connectivity index (χ0v) is 6.59. The molecule has 0 saturated heterocycles. The van der Waals surface area contributed by atoms with E-state index in [1.807, 2.05) is 0 Å². The van der Waals surface area contributed by atoms with Gasteiger partial charge in [0.25, 0.3) is 5.56 Å². The number of nitrogens with zero attached hydrogens (tertiary/aromatic N) is 1. The van der Waals surface area contributed by atoms with Gasteiger partial charge in [-0.25, -0.2) is 4.79 Å². The van der Waals surface area contributed by atoms with Gasteiger partial charge in [-0.3, -0.25) is 14.3 Å². The first-order valence-electron chi connectivity index (χ1n) is 3.66. The average Bonchev–Trinajstić information content (AvgIpc) is 2.48. The summed E-state index contributed by atoms with van der Waals surface area (Å²) in [5.74, 6) is 0.406. The molecule has 1 N–H and O–H groups in total. The molecule has 0 fully saturated rings. The molecular weight excluding hydrogens is 160 g/mol. The first kappa shape index (κ1) is 7.15. The minimum absolute atomic E-state index is 0.367. The molecule has 0 saturated carbocycles. The normalized spacial score (nSPS) is 14.1.